The van der Waals surface area contributed by atoms with E-state index in [1.54, 1.807) is 0 Å². The van der Waals surface area contributed by atoms with Gasteiger partial charge >= 0.3 is 6.03 Å². The molecular formula is C20H30N2O3. The van der Waals surface area contributed by atoms with E-state index >= 15 is 0 Å². The molecule has 0 radical (unpaired) electrons. The molecule has 1 aromatic rings. The Bertz CT molecular complexity index is 557. The summed E-state index contributed by atoms with van der Waals surface area (Å²) in [5, 5.41) is 16.3. The monoisotopic (exact) mass is 346 g/mol. The summed E-state index contributed by atoms with van der Waals surface area (Å²) in [6, 6.07) is 9.49. The number of hydrogen-bond donors (Lipinski definition) is 3. The third kappa shape index (κ3) is 4.95. The van der Waals surface area contributed by atoms with Crippen molar-refractivity contribution in [1.29, 1.82) is 0 Å². The third-order valence-electron chi connectivity index (χ3n) is 5.48. The van der Waals surface area contributed by atoms with E-state index in [0.717, 1.165) is 37.9 Å². The second-order valence-corrected chi connectivity index (χ2v) is 7.61. The van der Waals surface area contributed by atoms with Crippen molar-refractivity contribution < 1.29 is 14.6 Å². The van der Waals surface area contributed by atoms with Crippen LogP contribution in [0.15, 0.2) is 30.3 Å². The number of aliphatic hydroxyl groups excluding tert-OH is 1. The maximum atomic E-state index is 12.3. The summed E-state index contributed by atoms with van der Waals surface area (Å²) in [6.07, 6.45) is 6.41. The van der Waals surface area contributed by atoms with Crippen LogP contribution >= 0.6 is 0 Å². The van der Waals surface area contributed by atoms with Gasteiger partial charge in [-0.2, -0.15) is 0 Å². The minimum atomic E-state index is -0.568. The molecule has 1 aliphatic carbocycles. The number of carbonyl (C=O) groups is 1. The number of rotatable bonds is 5. The fraction of sp³-hybridized carbons (Fsp3) is 0.650. The first-order chi connectivity index (χ1) is 12.1. The molecule has 2 amide bonds. The van der Waals surface area contributed by atoms with Crippen molar-refractivity contribution in [1.82, 2.24) is 10.6 Å². The first-order valence-corrected chi connectivity index (χ1v) is 9.50. The highest BCUT2D eigenvalue weighted by Gasteiger charge is 2.40. The Balaban J connectivity index is 1.44. The predicted molar refractivity (Wildman–Crippen MR) is 97.3 cm³/mol. The van der Waals surface area contributed by atoms with Crippen molar-refractivity contribution in [2.24, 2.45) is 0 Å². The number of urea groups is 1. The Hall–Kier alpha value is -1.59. The van der Waals surface area contributed by atoms with Gasteiger partial charge in [0.2, 0.25) is 0 Å². The van der Waals surface area contributed by atoms with E-state index in [1.807, 2.05) is 37.3 Å². The van der Waals surface area contributed by atoms with Crippen LogP contribution in [0, 0.1) is 0 Å². The van der Waals surface area contributed by atoms with Crippen molar-refractivity contribution in [2.75, 3.05) is 6.61 Å². The molecule has 1 aliphatic heterocycles. The van der Waals surface area contributed by atoms with Crippen LogP contribution in [-0.4, -0.2) is 35.4 Å². The molecule has 2 fully saturated rings. The predicted octanol–water partition coefficient (Wildman–Crippen LogP) is 3.29. The first kappa shape index (κ1) is 18.2. The van der Waals surface area contributed by atoms with E-state index in [9.17, 15) is 9.90 Å². The summed E-state index contributed by atoms with van der Waals surface area (Å²) >= 11 is 0. The van der Waals surface area contributed by atoms with E-state index in [4.69, 9.17) is 4.74 Å². The molecule has 1 spiro atoms. The van der Waals surface area contributed by atoms with Gasteiger partial charge in [-0.25, -0.2) is 4.79 Å². The molecule has 3 rings (SSSR count). The molecule has 2 aliphatic rings. The van der Waals surface area contributed by atoms with Crippen LogP contribution in [0.3, 0.4) is 0 Å². The summed E-state index contributed by atoms with van der Waals surface area (Å²) in [5.41, 5.74) is 0.884. The molecule has 1 heterocycles. The maximum absolute atomic E-state index is 12.3. The van der Waals surface area contributed by atoms with Gasteiger partial charge in [-0.15, -0.1) is 0 Å². The summed E-state index contributed by atoms with van der Waals surface area (Å²) in [4.78, 5) is 12.3. The Labute approximate surface area is 150 Å². The highest BCUT2D eigenvalue weighted by Crippen LogP contribution is 2.39. The number of carbonyl (C=O) groups excluding carboxylic acids is 1. The number of amides is 2. The van der Waals surface area contributed by atoms with Gasteiger partial charge in [0.1, 0.15) is 0 Å². The van der Waals surface area contributed by atoms with Crippen molar-refractivity contribution in [3.8, 4) is 0 Å². The van der Waals surface area contributed by atoms with Crippen LogP contribution in [0.4, 0.5) is 4.79 Å². The van der Waals surface area contributed by atoms with Crippen LogP contribution in [-0.2, 0) is 4.74 Å². The molecular weight excluding hydrogens is 316 g/mol. The van der Waals surface area contributed by atoms with E-state index in [0.29, 0.717) is 6.42 Å². The van der Waals surface area contributed by atoms with Gasteiger partial charge in [0.05, 0.1) is 11.7 Å². The van der Waals surface area contributed by atoms with E-state index in [2.05, 4.69) is 10.6 Å². The lowest BCUT2D eigenvalue weighted by molar-refractivity contribution is -0.0820. The average Bonchev–Trinajstić information content (AvgIpc) is 3.03. The average molecular weight is 346 g/mol. The SMILES string of the molecule is CC(CC(O)c1ccccc1)NC(=O)NC1CCOC2(CCCC2)C1. The van der Waals surface area contributed by atoms with E-state index < -0.39 is 6.10 Å². The summed E-state index contributed by atoms with van der Waals surface area (Å²) in [6.45, 7) is 2.65. The minimum Gasteiger partial charge on any atom is -0.388 e. The molecule has 1 aromatic carbocycles. The molecule has 1 saturated heterocycles. The maximum Gasteiger partial charge on any atom is 0.315 e. The molecule has 3 N–H and O–H groups in total. The molecule has 5 heteroatoms. The van der Waals surface area contributed by atoms with Crippen molar-refractivity contribution in [3.05, 3.63) is 35.9 Å². The van der Waals surface area contributed by atoms with Gasteiger partial charge in [0, 0.05) is 18.7 Å². The molecule has 0 bridgehead atoms. The van der Waals surface area contributed by atoms with Gasteiger partial charge in [-0.1, -0.05) is 43.2 Å². The van der Waals surface area contributed by atoms with E-state index in [1.165, 1.54) is 12.8 Å². The Morgan fingerprint density at radius 2 is 2.04 bits per heavy atom. The Kier molecular flexibility index (Phi) is 5.97. The highest BCUT2D eigenvalue weighted by atomic mass is 16.5. The van der Waals surface area contributed by atoms with Crippen molar-refractivity contribution >= 4 is 6.03 Å². The lowest BCUT2D eigenvalue weighted by atomic mass is 9.89. The standard InChI is InChI=1S/C20H30N2O3/c1-15(13-18(23)16-7-3-2-4-8-16)21-19(24)22-17-9-12-25-20(14-17)10-5-6-11-20/h2-4,7-8,15,17-18,23H,5-6,9-14H2,1H3,(H2,21,22,24). The highest BCUT2D eigenvalue weighted by molar-refractivity contribution is 5.74. The number of hydrogen-bond acceptors (Lipinski definition) is 3. The number of nitrogens with one attached hydrogen (secondary N) is 2. The van der Waals surface area contributed by atoms with Gasteiger partial charge in [0.25, 0.3) is 0 Å². The van der Waals surface area contributed by atoms with Crippen LogP contribution in [0.5, 0.6) is 0 Å². The lowest BCUT2D eigenvalue weighted by Crippen LogP contribution is -2.51. The van der Waals surface area contributed by atoms with Crippen LogP contribution in [0.2, 0.25) is 0 Å². The fourth-order valence-electron chi connectivity index (χ4n) is 4.17. The lowest BCUT2D eigenvalue weighted by Gasteiger charge is -2.38. The van der Waals surface area contributed by atoms with Gasteiger partial charge in [-0.05, 0) is 44.6 Å². The molecule has 3 atom stereocenters. The van der Waals surface area contributed by atoms with Crippen LogP contribution < -0.4 is 10.6 Å². The molecule has 5 nitrogen and oxygen atoms in total. The normalized spacial score (nSPS) is 24.6. The molecule has 1 saturated carbocycles. The molecule has 0 aromatic heterocycles. The van der Waals surface area contributed by atoms with E-state index in [-0.39, 0.29) is 23.7 Å². The third-order valence-corrected chi connectivity index (χ3v) is 5.48. The van der Waals surface area contributed by atoms with Gasteiger partial charge in [-0.3, -0.25) is 0 Å². The zero-order chi connectivity index (χ0) is 17.7. The fourth-order valence-corrected chi connectivity index (χ4v) is 4.17. The molecule has 25 heavy (non-hydrogen) atoms. The first-order valence-electron chi connectivity index (χ1n) is 9.50. The Morgan fingerprint density at radius 1 is 1.32 bits per heavy atom. The summed E-state index contributed by atoms with van der Waals surface area (Å²) in [7, 11) is 0. The quantitative estimate of drug-likeness (QED) is 0.766. The second-order valence-electron chi connectivity index (χ2n) is 7.61. The minimum absolute atomic E-state index is 0.00527. The van der Waals surface area contributed by atoms with Gasteiger partial charge in [0.15, 0.2) is 0 Å². The summed E-state index contributed by atoms with van der Waals surface area (Å²) in [5.74, 6) is 0. The topological polar surface area (TPSA) is 70.6 Å². The zero-order valence-electron chi connectivity index (χ0n) is 15.0. The number of ether oxygens (including phenoxy) is 1. The van der Waals surface area contributed by atoms with Crippen LogP contribution in [0.1, 0.15) is 63.5 Å². The zero-order valence-corrected chi connectivity index (χ0v) is 15.0. The molecule has 138 valence electrons. The van der Waals surface area contributed by atoms with Crippen LogP contribution in [0.25, 0.3) is 0 Å². The number of benzene rings is 1. The Morgan fingerprint density at radius 3 is 2.76 bits per heavy atom. The summed E-state index contributed by atoms with van der Waals surface area (Å²) < 4.78 is 6.02. The smallest absolute Gasteiger partial charge is 0.315 e. The van der Waals surface area contributed by atoms with Crippen molar-refractivity contribution in [3.63, 3.8) is 0 Å². The van der Waals surface area contributed by atoms with Gasteiger partial charge < -0.3 is 20.5 Å². The molecule has 3 unspecified atom stereocenters. The largest absolute Gasteiger partial charge is 0.388 e. The number of aliphatic hydroxyl groups is 1. The second kappa shape index (κ2) is 8.19. The van der Waals surface area contributed by atoms with Crippen molar-refractivity contribution in [2.45, 2.75) is 75.7 Å².